The quantitative estimate of drug-likeness (QED) is 0.865. The lowest BCUT2D eigenvalue weighted by molar-refractivity contribution is -0.138. The molecule has 0 radical (unpaired) electrons. The number of rotatable bonds is 5. The highest BCUT2D eigenvalue weighted by molar-refractivity contribution is 7.86. The first-order chi connectivity index (χ1) is 8.77. The van der Waals surface area contributed by atoms with Crippen LogP contribution >= 0.6 is 0 Å². The van der Waals surface area contributed by atoms with Gasteiger partial charge in [0.25, 0.3) is 0 Å². The Morgan fingerprint density at radius 3 is 2.53 bits per heavy atom. The number of alkyl halides is 3. The van der Waals surface area contributed by atoms with Crippen molar-refractivity contribution < 1.29 is 27.3 Å². The minimum absolute atomic E-state index is 0.0122. The summed E-state index contributed by atoms with van der Waals surface area (Å²) in [5.74, 6) is -1.35. The standard InChI is InChI=1S/C11H12F3NO3S/c12-11(13,14)7-2-1-3-8(6-7)19(18)9(4-5-15)10(16)17/h1-3,6,9H,4-5,15H2,(H,16,17). The molecule has 0 fully saturated rings. The Balaban J connectivity index is 3.08. The highest BCUT2D eigenvalue weighted by Crippen LogP contribution is 2.30. The molecular formula is C11H12F3NO3S. The summed E-state index contributed by atoms with van der Waals surface area (Å²) in [5, 5.41) is 7.58. The van der Waals surface area contributed by atoms with E-state index in [1.165, 1.54) is 6.07 Å². The van der Waals surface area contributed by atoms with Gasteiger partial charge in [-0.25, -0.2) is 0 Å². The highest BCUT2D eigenvalue weighted by atomic mass is 32.2. The molecule has 8 heteroatoms. The zero-order valence-corrected chi connectivity index (χ0v) is 10.5. The van der Waals surface area contributed by atoms with Crippen molar-refractivity contribution in [3.05, 3.63) is 29.8 Å². The average Bonchev–Trinajstić information content (AvgIpc) is 2.34. The fraction of sp³-hybridized carbons (Fsp3) is 0.364. The molecule has 0 aromatic heterocycles. The van der Waals surface area contributed by atoms with E-state index in [9.17, 15) is 22.2 Å². The summed E-state index contributed by atoms with van der Waals surface area (Å²) in [6.07, 6.45) is -4.63. The molecule has 1 aromatic rings. The van der Waals surface area contributed by atoms with E-state index in [4.69, 9.17) is 10.8 Å². The van der Waals surface area contributed by atoms with Crippen molar-refractivity contribution >= 4 is 16.8 Å². The van der Waals surface area contributed by atoms with Crippen molar-refractivity contribution in [1.29, 1.82) is 0 Å². The lowest BCUT2D eigenvalue weighted by Gasteiger charge is -2.13. The van der Waals surface area contributed by atoms with Crippen LogP contribution in [0, 0.1) is 0 Å². The van der Waals surface area contributed by atoms with Gasteiger partial charge in [0.2, 0.25) is 0 Å². The van der Waals surface area contributed by atoms with Crippen LogP contribution in [0.4, 0.5) is 13.2 Å². The zero-order valence-electron chi connectivity index (χ0n) is 9.68. The summed E-state index contributed by atoms with van der Waals surface area (Å²) in [4.78, 5) is 10.7. The molecule has 19 heavy (non-hydrogen) atoms. The van der Waals surface area contributed by atoms with Crippen LogP contribution in [0.25, 0.3) is 0 Å². The van der Waals surface area contributed by atoms with Crippen LogP contribution in [0.15, 0.2) is 29.2 Å². The van der Waals surface area contributed by atoms with Gasteiger partial charge < -0.3 is 10.8 Å². The van der Waals surface area contributed by atoms with E-state index in [1.54, 1.807) is 0 Å². The smallest absolute Gasteiger partial charge is 0.416 e. The van der Waals surface area contributed by atoms with Crippen molar-refractivity contribution in [2.24, 2.45) is 5.73 Å². The second-order valence-corrected chi connectivity index (χ2v) is 5.36. The Labute approximate surface area is 109 Å². The van der Waals surface area contributed by atoms with Crippen LogP contribution in [0.3, 0.4) is 0 Å². The van der Waals surface area contributed by atoms with Crippen LogP contribution in [0.2, 0.25) is 0 Å². The Hall–Kier alpha value is -1.41. The van der Waals surface area contributed by atoms with E-state index in [2.05, 4.69) is 0 Å². The van der Waals surface area contributed by atoms with Crippen molar-refractivity contribution in [3.8, 4) is 0 Å². The van der Waals surface area contributed by atoms with E-state index >= 15 is 0 Å². The molecule has 0 bridgehead atoms. The maximum absolute atomic E-state index is 12.5. The number of carboxylic acid groups (broad SMARTS) is 1. The second-order valence-electron chi connectivity index (χ2n) is 3.73. The van der Waals surface area contributed by atoms with Gasteiger partial charge in [0, 0.05) is 4.90 Å². The number of hydrogen-bond acceptors (Lipinski definition) is 3. The highest BCUT2D eigenvalue weighted by Gasteiger charge is 2.32. The normalized spacial score (nSPS) is 14.9. The molecule has 0 aliphatic heterocycles. The zero-order chi connectivity index (χ0) is 14.6. The largest absolute Gasteiger partial charge is 0.480 e. The van der Waals surface area contributed by atoms with Gasteiger partial charge in [0.1, 0.15) is 5.25 Å². The Morgan fingerprint density at radius 1 is 1.42 bits per heavy atom. The van der Waals surface area contributed by atoms with Gasteiger partial charge in [0.05, 0.1) is 16.4 Å². The molecule has 0 saturated carbocycles. The Morgan fingerprint density at radius 2 is 2.05 bits per heavy atom. The van der Waals surface area contributed by atoms with E-state index in [0.29, 0.717) is 6.07 Å². The van der Waals surface area contributed by atoms with Crippen LogP contribution < -0.4 is 5.73 Å². The van der Waals surface area contributed by atoms with E-state index in [-0.39, 0.29) is 17.9 Å². The molecule has 0 aliphatic rings. The number of carbonyl (C=O) groups is 1. The fourth-order valence-electron chi connectivity index (χ4n) is 1.44. The molecular weight excluding hydrogens is 283 g/mol. The van der Waals surface area contributed by atoms with Crippen molar-refractivity contribution in [3.63, 3.8) is 0 Å². The predicted molar refractivity (Wildman–Crippen MR) is 62.9 cm³/mol. The molecule has 0 spiro atoms. The summed E-state index contributed by atoms with van der Waals surface area (Å²) in [7, 11) is -2.08. The molecule has 1 aromatic carbocycles. The third kappa shape index (κ3) is 4.03. The third-order valence-corrected chi connectivity index (χ3v) is 4.03. The summed E-state index contributed by atoms with van der Waals surface area (Å²) >= 11 is 0. The first kappa shape index (κ1) is 15.6. The minimum atomic E-state index is -4.56. The molecule has 2 atom stereocenters. The molecule has 1 rings (SSSR count). The molecule has 2 unspecified atom stereocenters. The number of benzene rings is 1. The summed E-state index contributed by atoms with van der Waals surface area (Å²) in [6, 6.07) is 3.83. The summed E-state index contributed by atoms with van der Waals surface area (Å²) < 4.78 is 49.5. The summed E-state index contributed by atoms with van der Waals surface area (Å²) in [6.45, 7) is -0.0122. The molecule has 106 valence electrons. The first-order valence-corrected chi connectivity index (χ1v) is 6.49. The lowest BCUT2D eigenvalue weighted by atomic mass is 10.2. The molecule has 0 aliphatic carbocycles. The topological polar surface area (TPSA) is 80.4 Å². The van der Waals surface area contributed by atoms with Crippen molar-refractivity contribution in [2.75, 3.05) is 6.54 Å². The van der Waals surface area contributed by atoms with Gasteiger partial charge in [-0.15, -0.1) is 0 Å². The van der Waals surface area contributed by atoms with Crippen LogP contribution in [0.5, 0.6) is 0 Å². The first-order valence-electron chi connectivity index (χ1n) is 5.28. The number of halogens is 3. The maximum Gasteiger partial charge on any atom is 0.416 e. The van der Waals surface area contributed by atoms with Crippen LogP contribution in [-0.4, -0.2) is 27.1 Å². The van der Waals surface area contributed by atoms with Gasteiger partial charge in [-0.05, 0) is 31.2 Å². The van der Waals surface area contributed by atoms with Gasteiger partial charge in [0.15, 0.2) is 0 Å². The summed E-state index contributed by atoms with van der Waals surface area (Å²) in [5.41, 5.74) is 4.24. The van der Waals surface area contributed by atoms with Crippen LogP contribution in [0.1, 0.15) is 12.0 Å². The van der Waals surface area contributed by atoms with E-state index in [0.717, 1.165) is 12.1 Å². The number of hydrogen-bond donors (Lipinski definition) is 2. The van der Waals surface area contributed by atoms with E-state index in [1.807, 2.05) is 0 Å². The van der Waals surface area contributed by atoms with Gasteiger partial charge in [-0.2, -0.15) is 13.2 Å². The molecule has 4 nitrogen and oxygen atoms in total. The predicted octanol–water partition coefficient (Wildman–Crippen LogP) is 1.61. The number of carboxylic acids is 1. The maximum atomic E-state index is 12.5. The SMILES string of the molecule is NCCC(C(=O)O)S(=O)c1cccc(C(F)(F)F)c1. The third-order valence-electron chi connectivity index (χ3n) is 2.36. The van der Waals surface area contributed by atoms with Gasteiger partial charge in [-0.3, -0.25) is 9.00 Å². The van der Waals surface area contributed by atoms with Crippen LogP contribution in [-0.2, 0) is 21.8 Å². The minimum Gasteiger partial charge on any atom is -0.480 e. The van der Waals surface area contributed by atoms with E-state index < -0.39 is 33.8 Å². The fourth-order valence-corrected chi connectivity index (χ4v) is 2.75. The molecule has 0 heterocycles. The lowest BCUT2D eigenvalue weighted by Crippen LogP contribution is -2.28. The average molecular weight is 295 g/mol. The Kier molecular flexibility index (Phi) is 5.07. The van der Waals surface area contributed by atoms with Gasteiger partial charge >= 0.3 is 12.1 Å². The molecule has 3 N–H and O–H groups in total. The second kappa shape index (κ2) is 6.16. The van der Waals surface area contributed by atoms with Gasteiger partial charge in [-0.1, -0.05) is 6.07 Å². The molecule has 0 saturated heterocycles. The monoisotopic (exact) mass is 295 g/mol. The van der Waals surface area contributed by atoms with Crippen molar-refractivity contribution in [1.82, 2.24) is 0 Å². The van der Waals surface area contributed by atoms with Crippen molar-refractivity contribution in [2.45, 2.75) is 22.7 Å². The number of nitrogens with two attached hydrogens (primary N) is 1. The number of aliphatic carboxylic acids is 1. The Bertz CT molecular complexity index is 490. The molecule has 0 amide bonds.